The zero-order valence-corrected chi connectivity index (χ0v) is 15.5. The summed E-state index contributed by atoms with van der Waals surface area (Å²) in [5.74, 6) is 0.588. The molecule has 2 heterocycles. The lowest BCUT2D eigenvalue weighted by Gasteiger charge is -2.16. The number of nitrogens with zero attached hydrogens (tertiary/aromatic N) is 4. The number of benzene rings is 1. The Hall–Kier alpha value is -2.67. The molecule has 1 aromatic carbocycles. The second-order valence-corrected chi connectivity index (χ2v) is 6.83. The molecule has 7 heteroatoms. The fourth-order valence-corrected chi connectivity index (χ4v) is 3.51. The van der Waals surface area contributed by atoms with Gasteiger partial charge in [-0.2, -0.15) is 0 Å². The van der Waals surface area contributed by atoms with Crippen molar-refractivity contribution >= 4 is 17.2 Å². The number of aryl methyl sites for hydroxylation is 1. The highest BCUT2D eigenvalue weighted by molar-refractivity contribution is 7.10. The third kappa shape index (κ3) is 3.41. The van der Waals surface area contributed by atoms with Crippen molar-refractivity contribution in [3.8, 4) is 11.4 Å². The highest BCUT2D eigenvalue weighted by Gasteiger charge is 2.21. The summed E-state index contributed by atoms with van der Waals surface area (Å²) in [6.07, 6.45) is 0. The molecule has 0 saturated heterocycles. The summed E-state index contributed by atoms with van der Waals surface area (Å²) in [6.45, 7) is 4.46. The Morgan fingerprint density at radius 3 is 2.80 bits per heavy atom. The molecule has 0 fully saturated rings. The van der Waals surface area contributed by atoms with Crippen LogP contribution in [0, 0.1) is 13.8 Å². The Morgan fingerprint density at radius 1 is 1.32 bits per heavy atom. The fourth-order valence-electron chi connectivity index (χ4n) is 2.55. The van der Waals surface area contributed by atoms with Gasteiger partial charge in [0.15, 0.2) is 5.69 Å². The molecule has 25 heavy (non-hydrogen) atoms. The maximum absolute atomic E-state index is 12.8. The quantitative estimate of drug-likeness (QED) is 0.704. The van der Waals surface area contributed by atoms with Gasteiger partial charge >= 0.3 is 0 Å². The van der Waals surface area contributed by atoms with E-state index in [-0.39, 0.29) is 5.91 Å². The van der Waals surface area contributed by atoms with Gasteiger partial charge in [0.1, 0.15) is 5.75 Å². The smallest absolute Gasteiger partial charge is 0.276 e. The summed E-state index contributed by atoms with van der Waals surface area (Å²) in [7, 11) is 3.40. The van der Waals surface area contributed by atoms with Crippen molar-refractivity contribution in [2.45, 2.75) is 20.4 Å². The first-order valence-electron chi connectivity index (χ1n) is 7.86. The predicted octanol–water partition coefficient (Wildman–Crippen LogP) is 3.23. The number of thiophene rings is 1. The van der Waals surface area contributed by atoms with E-state index in [9.17, 15) is 4.79 Å². The summed E-state index contributed by atoms with van der Waals surface area (Å²) in [4.78, 5) is 15.6. The Kier molecular flexibility index (Phi) is 4.85. The molecule has 0 unspecified atom stereocenters. The number of carbonyl (C=O) groups is 1. The summed E-state index contributed by atoms with van der Waals surface area (Å²) >= 11 is 1.65. The second-order valence-electron chi connectivity index (χ2n) is 5.82. The van der Waals surface area contributed by atoms with Crippen molar-refractivity contribution < 1.29 is 9.53 Å². The van der Waals surface area contributed by atoms with E-state index in [0.717, 1.165) is 11.4 Å². The van der Waals surface area contributed by atoms with E-state index in [0.29, 0.717) is 17.9 Å². The molecule has 0 aliphatic rings. The molecule has 0 N–H and O–H groups in total. The molecule has 3 aromatic rings. The lowest BCUT2D eigenvalue weighted by Crippen LogP contribution is -2.27. The Bertz CT molecular complexity index is 900. The minimum absolute atomic E-state index is 0.139. The van der Waals surface area contributed by atoms with Crippen molar-refractivity contribution in [2.24, 2.45) is 0 Å². The molecule has 0 aliphatic heterocycles. The molecule has 1 amide bonds. The van der Waals surface area contributed by atoms with E-state index in [1.165, 1.54) is 10.4 Å². The average Bonchev–Trinajstić information content (AvgIpc) is 3.20. The van der Waals surface area contributed by atoms with Crippen LogP contribution >= 0.6 is 11.3 Å². The molecule has 2 aromatic heterocycles. The molecule has 0 saturated carbocycles. The van der Waals surface area contributed by atoms with Crippen molar-refractivity contribution in [1.82, 2.24) is 19.9 Å². The predicted molar refractivity (Wildman–Crippen MR) is 97.5 cm³/mol. The van der Waals surface area contributed by atoms with Crippen LogP contribution in [0.25, 0.3) is 5.69 Å². The monoisotopic (exact) mass is 356 g/mol. The van der Waals surface area contributed by atoms with Gasteiger partial charge in [0.25, 0.3) is 5.91 Å². The van der Waals surface area contributed by atoms with Gasteiger partial charge in [-0.25, -0.2) is 4.68 Å². The molecular formula is C18H20N4O2S. The van der Waals surface area contributed by atoms with Crippen molar-refractivity contribution in [1.29, 1.82) is 0 Å². The molecule has 0 spiro atoms. The Balaban J connectivity index is 1.84. The molecule has 6 nitrogen and oxygen atoms in total. The standard InChI is InChI=1S/C18H20N4O2S/c1-12-8-9-25-16(12)11-21(3)18(23)17-13(2)22(20-19-17)14-6-5-7-15(10-14)24-4/h5-10H,11H2,1-4H3. The van der Waals surface area contributed by atoms with Crippen LogP contribution < -0.4 is 4.74 Å². The SMILES string of the molecule is COc1cccc(-n2nnc(C(=O)N(C)Cc3sccc3C)c2C)c1. The first kappa shape index (κ1) is 17.2. The Labute approximate surface area is 150 Å². The minimum atomic E-state index is -0.139. The lowest BCUT2D eigenvalue weighted by molar-refractivity contribution is 0.0779. The van der Waals surface area contributed by atoms with Gasteiger partial charge < -0.3 is 9.64 Å². The zero-order valence-electron chi connectivity index (χ0n) is 14.7. The van der Waals surface area contributed by atoms with E-state index < -0.39 is 0 Å². The number of aromatic nitrogens is 3. The van der Waals surface area contributed by atoms with Gasteiger partial charge in [-0.05, 0) is 43.0 Å². The molecule has 0 aliphatic carbocycles. The molecule has 3 rings (SSSR count). The summed E-state index contributed by atoms with van der Waals surface area (Å²) in [5, 5.41) is 10.3. The summed E-state index contributed by atoms with van der Waals surface area (Å²) < 4.78 is 6.90. The van der Waals surface area contributed by atoms with Crippen LogP contribution in [0.2, 0.25) is 0 Å². The van der Waals surface area contributed by atoms with E-state index in [4.69, 9.17) is 4.74 Å². The number of rotatable bonds is 5. The van der Waals surface area contributed by atoms with Gasteiger partial charge in [0.05, 0.1) is 25.0 Å². The number of hydrogen-bond acceptors (Lipinski definition) is 5. The molecule has 0 radical (unpaired) electrons. The zero-order chi connectivity index (χ0) is 18.0. The topological polar surface area (TPSA) is 60.2 Å². The van der Waals surface area contributed by atoms with Gasteiger partial charge in [0, 0.05) is 18.0 Å². The molecule has 130 valence electrons. The molecule has 0 atom stereocenters. The van der Waals surface area contributed by atoms with Crippen LogP contribution in [0.1, 0.15) is 26.6 Å². The van der Waals surface area contributed by atoms with Crippen molar-refractivity contribution in [3.63, 3.8) is 0 Å². The third-order valence-corrected chi connectivity index (χ3v) is 5.10. The van der Waals surface area contributed by atoms with Gasteiger partial charge in [-0.1, -0.05) is 11.3 Å². The van der Waals surface area contributed by atoms with Crippen molar-refractivity contribution in [3.05, 3.63) is 57.5 Å². The van der Waals surface area contributed by atoms with E-state index in [1.807, 2.05) is 36.6 Å². The number of methoxy groups -OCH3 is 1. The lowest BCUT2D eigenvalue weighted by atomic mass is 10.2. The summed E-state index contributed by atoms with van der Waals surface area (Å²) in [6, 6.07) is 9.55. The third-order valence-electron chi connectivity index (χ3n) is 4.09. The minimum Gasteiger partial charge on any atom is -0.497 e. The van der Waals surface area contributed by atoms with E-state index >= 15 is 0 Å². The van der Waals surface area contributed by atoms with E-state index in [1.54, 1.807) is 35.1 Å². The van der Waals surface area contributed by atoms with Crippen LogP contribution in [-0.4, -0.2) is 40.0 Å². The number of hydrogen-bond donors (Lipinski definition) is 0. The van der Waals surface area contributed by atoms with Crippen LogP contribution in [0.3, 0.4) is 0 Å². The Morgan fingerprint density at radius 2 is 2.12 bits per heavy atom. The van der Waals surface area contributed by atoms with Crippen LogP contribution in [0.4, 0.5) is 0 Å². The normalized spacial score (nSPS) is 10.7. The fraction of sp³-hybridized carbons (Fsp3) is 0.278. The summed E-state index contributed by atoms with van der Waals surface area (Å²) in [5.41, 5.74) is 3.06. The largest absolute Gasteiger partial charge is 0.497 e. The number of ether oxygens (including phenoxy) is 1. The first-order chi connectivity index (χ1) is 12.0. The average molecular weight is 356 g/mol. The second kappa shape index (κ2) is 7.06. The van der Waals surface area contributed by atoms with Gasteiger partial charge in [-0.15, -0.1) is 16.4 Å². The maximum atomic E-state index is 12.8. The number of amides is 1. The van der Waals surface area contributed by atoms with Gasteiger partial charge in [-0.3, -0.25) is 4.79 Å². The van der Waals surface area contributed by atoms with Crippen LogP contribution in [0.5, 0.6) is 5.75 Å². The molecular weight excluding hydrogens is 336 g/mol. The highest BCUT2D eigenvalue weighted by Crippen LogP contribution is 2.20. The first-order valence-corrected chi connectivity index (χ1v) is 8.74. The van der Waals surface area contributed by atoms with Crippen LogP contribution in [-0.2, 0) is 6.54 Å². The van der Waals surface area contributed by atoms with E-state index in [2.05, 4.69) is 23.3 Å². The van der Waals surface area contributed by atoms with Gasteiger partial charge in [0.2, 0.25) is 0 Å². The maximum Gasteiger partial charge on any atom is 0.276 e. The van der Waals surface area contributed by atoms with Crippen molar-refractivity contribution in [2.75, 3.05) is 14.2 Å². The van der Waals surface area contributed by atoms with Crippen LogP contribution in [0.15, 0.2) is 35.7 Å². The molecule has 0 bridgehead atoms. The highest BCUT2D eigenvalue weighted by atomic mass is 32.1. The number of carbonyl (C=O) groups excluding carboxylic acids is 1.